The van der Waals surface area contributed by atoms with E-state index in [1.54, 1.807) is 4.90 Å². The topological polar surface area (TPSA) is 23.5 Å². The Kier molecular flexibility index (Phi) is 2.39. The molecule has 0 radical (unpaired) electrons. The van der Waals surface area contributed by atoms with Crippen molar-refractivity contribution >= 4 is 0 Å². The number of β-amino-alcohol motifs (C(OH)–C–C–N with tert-alkyl or cyclic N) is 1. The zero-order valence-electron chi connectivity index (χ0n) is 5.93. The van der Waals surface area contributed by atoms with Gasteiger partial charge in [-0.3, -0.25) is 4.90 Å². The number of hydrogen-bond donors (Lipinski definition) is 1. The average Bonchev–Trinajstić information content (AvgIpc) is 1.74. The number of nitrogens with zero attached hydrogens (tertiary/aromatic N) is 1. The summed E-state index contributed by atoms with van der Waals surface area (Å²) in [5.41, 5.74) is 0. The second-order valence-corrected chi connectivity index (χ2v) is 2.72. The molecule has 0 aromatic rings. The normalized spacial score (nSPS) is 21.8. The summed E-state index contributed by atoms with van der Waals surface area (Å²) in [5.74, 6) is -1.17. The van der Waals surface area contributed by atoms with Crippen molar-refractivity contribution in [3.8, 4) is 0 Å². The van der Waals surface area contributed by atoms with E-state index in [9.17, 15) is 13.2 Å². The highest BCUT2D eigenvalue weighted by Crippen LogP contribution is 2.32. The summed E-state index contributed by atoms with van der Waals surface area (Å²) in [7, 11) is 0. The van der Waals surface area contributed by atoms with E-state index in [1.165, 1.54) is 0 Å². The standard InChI is InChI=1S/C6H10F3NO/c7-6(8,9)5-3-10(4-5)1-2-11/h5,11H,1-4H2. The Bertz CT molecular complexity index is 130. The molecular formula is C6H10F3NO. The molecule has 1 saturated heterocycles. The molecule has 0 atom stereocenters. The molecule has 0 bridgehead atoms. The van der Waals surface area contributed by atoms with Crippen molar-refractivity contribution in [3.05, 3.63) is 0 Å². The molecule has 1 aliphatic rings. The van der Waals surface area contributed by atoms with Crippen LogP contribution in [0.25, 0.3) is 0 Å². The first-order chi connectivity index (χ1) is 5.04. The molecule has 0 aromatic carbocycles. The van der Waals surface area contributed by atoms with Gasteiger partial charge in [-0.15, -0.1) is 0 Å². The highest BCUT2D eigenvalue weighted by Gasteiger charge is 2.46. The van der Waals surface area contributed by atoms with Crippen molar-refractivity contribution in [2.75, 3.05) is 26.2 Å². The molecule has 1 aliphatic heterocycles. The first-order valence-electron chi connectivity index (χ1n) is 3.44. The third kappa shape index (κ3) is 2.07. The molecule has 2 nitrogen and oxygen atoms in total. The smallest absolute Gasteiger partial charge is 0.394 e. The number of rotatable bonds is 2. The zero-order valence-corrected chi connectivity index (χ0v) is 5.93. The molecule has 66 valence electrons. The summed E-state index contributed by atoms with van der Waals surface area (Å²) in [5, 5.41) is 8.37. The Morgan fingerprint density at radius 1 is 1.36 bits per heavy atom. The van der Waals surface area contributed by atoms with Crippen LogP contribution in [0.3, 0.4) is 0 Å². The minimum atomic E-state index is -4.05. The second-order valence-electron chi connectivity index (χ2n) is 2.72. The Morgan fingerprint density at radius 3 is 2.27 bits per heavy atom. The molecule has 0 saturated carbocycles. The van der Waals surface area contributed by atoms with Crippen LogP contribution in [0.2, 0.25) is 0 Å². The fraction of sp³-hybridized carbons (Fsp3) is 1.00. The van der Waals surface area contributed by atoms with Crippen molar-refractivity contribution in [1.29, 1.82) is 0 Å². The van der Waals surface area contributed by atoms with Crippen molar-refractivity contribution in [2.45, 2.75) is 6.18 Å². The van der Waals surface area contributed by atoms with Gasteiger partial charge in [0.25, 0.3) is 0 Å². The van der Waals surface area contributed by atoms with E-state index in [2.05, 4.69) is 0 Å². The summed E-state index contributed by atoms with van der Waals surface area (Å²) in [6.07, 6.45) is -4.05. The lowest BCUT2D eigenvalue weighted by Crippen LogP contribution is -2.53. The van der Waals surface area contributed by atoms with Gasteiger partial charge in [0.1, 0.15) is 0 Å². The molecule has 1 fully saturated rings. The van der Waals surface area contributed by atoms with Crippen LogP contribution in [0.15, 0.2) is 0 Å². The molecule has 0 spiro atoms. The maximum Gasteiger partial charge on any atom is 0.394 e. The monoisotopic (exact) mass is 169 g/mol. The van der Waals surface area contributed by atoms with Crippen LogP contribution >= 0.6 is 0 Å². The van der Waals surface area contributed by atoms with E-state index >= 15 is 0 Å². The first-order valence-corrected chi connectivity index (χ1v) is 3.44. The molecule has 1 rings (SSSR count). The molecule has 0 unspecified atom stereocenters. The quantitative estimate of drug-likeness (QED) is 0.649. The highest BCUT2D eigenvalue weighted by molar-refractivity contribution is 4.84. The summed E-state index contributed by atoms with van der Waals surface area (Å²) in [6, 6.07) is 0. The summed E-state index contributed by atoms with van der Waals surface area (Å²) >= 11 is 0. The van der Waals surface area contributed by atoms with Crippen LogP contribution in [0.5, 0.6) is 0 Å². The zero-order chi connectivity index (χ0) is 8.48. The minimum absolute atomic E-state index is 0.0457. The number of aliphatic hydroxyl groups is 1. The Hall–Kier alpha value is -0.290. The lowest BCUT2D eigenvalue weighted by atomic mass is 10.00. The van der Waals surface area contributed by atoms with E-state index in [1.807, 2.05) is 0 Å². The molecular weight excluding hydrogens is 159 g/mol. The maximum atomic E-state index is 11.8. The Balaban J connectivity index is 2.19. The van der Waals surface area contributed by atoms with Crippen LogP contribution in [-0.4, -0.2) is 42.4 Å². The van der Waals surface area contributed by atoms with E-state index in [0.717, 1.165) is 0 Å². The van der Waals surface area contributed by atoms with Crippen LogP contribution in [-0.2, 0) is 0 Å². The van der Waals surface area contributed by atoms with Gasteiger partial charge < -0.3 is 5.11 Å². The van der Waals surface area contributed by atoms with Gasteiger partial charge in [0.05, 0.1) is 12.5 Å². The van der Waals surface area contributed by atoms with E-state index in [-0.39, 0.29) is 19.7 Å². The van der Waals surface area contributed by atoms with Crippen molar-refractivity contribution in [1.82, 2.24) is 4.90 Å². The highest BCUT2D eigenvalue weighted by atomic mass is 19.4. The van der Waals surface area contributed by atoms with Crippen molar-refractivity contribution in [2.24, 2.45) is 5.92 Å². The van der Waals surface area contributed by atoms with Gasteiger partial charge in [-0.05, 0) is 0 Å². The third-order valence-corrected chi connectivity index (χ3v) is 1.84. The Labute approximate surface area is 62.6 Å². The third-order valence-electron chi connectivity index (χ3n) is 1.84. The predicted molar refractivity (Wildman–Crippen MR) is 33.1 cm³/mol. The second kappa shape index (κ2) is 2.98. The fourth-order valence-corrected chi connectivity index (χ4v) is 1.10. The van der Waals surface area contributed by atoms with Gasteiger partial charge in [-0.2, -0.15) is 13.2 Å². The molecule has 0 aromatic heterocycles. The lowest BCUT2D eigenvalue weighted by Gasteiger charge is -2.39. The molecule has 0 amide bonds. The van der Waals surface area contributed by atoms with Gasteiger partial charge in [0, 0.05) is 19.6 Å². The van der Waals surface area contributed by atoms with Gasteiger partial charge in [-0.25, -0.2) is 0 Å². The summed E-state index contributed by atoms with van der Waals surface area (Å²) in [6.45, 7) is 0.380. The van der Waals surface area contributed by atoms with Gasteiger partial charge >= 0.3 is 6.18 Å². The van der Waals surface area contributed by atoms with Gasteiger partial charge in [-0.1, -0.05) is 0 Å². The number of aliphatic hydroxyl groups excluding tert-OH is 1. The van der Waals surface area contributed by atoms with Crippen LogP contribution in [0.4, 0.5) is 13.2 Å². The molecule has 1 heterocycles. The van der Waals surface area contributed by atoms with E-state index in [4.69, 9.17) is 5.11 Å². The number of likely N-dealkylation sites (tertiary alicyclic amines) is 1. The first kappa shape index (κ1) is 8.80. The minimum Gasteiger partial charge on any atom is -0.395 e. The fourth-order valence-electron chi connectivity index (χ4n) is 1.10. The molecule has 1 N–H and O–H groups in total. The largest absolute Gasteiger partial charge is 0.395 e. The van der Waals surface area contributed by atoms with E-state index in [0.29, 0.717) is 6.54 Å². The van der Waals surface area contributed by atoms with Gasteiger partial charge in [0.15, 0.2) is 0 Å². The maximum absolute atomic E-state index is 11.8. The van der Waals surface area contributed by atoms with Crippen LogP contribution in [0.1, 0.15) is 0 Å². The Morgan fingerprint density at radius 2 is 1.91 bits per heavy atom. The molecule has 11 heavy (non-hydrogen) atoms. The molecule has 0 aliphatic carbocycles. The van der Waals surface area contributed by atoms with E-state index < -0.39 is 12.1 Å². The number of hydrogen-bond acceptors (Lipinski definition) is 2. The number of halogens is 3. The van der Waals surface area contributed by atoms with Crippen LogP contribution < -0.4 is 0 Å². The average molecular weight is 169 g/mol. The molecule has 5 heteroatoms. The SMILES string of the molecule is OCCN1CC(C(F)(F)F)C1. The summed E-state index contributed by atoms with van der Waals surface area (Å²) < 4.78 is 35.5. The van der Waals surface area contributed by atoms with Crippen molar-refractivity contribution < 1.29 is 18.3 Å². The van der Waals surface area contributed by atoms with Crippen molar-refractivity contribution in [3.63, 3.8) is 0 Å². The van der Waals surface area contributed by atoms with Gasteiger partial charge in [0.2, 0.25) is 0 Å². The lowest BCUT2D eigenvalue weighted by molar-refractivity contribution is -0.209. The summed E-state index contributed by atoms with van der Waals surface area (Å²) in [4.78, 5) is 1.58. The number of alkyl halides is 3. The predicted octanol–water partition coefficient (Wildman–Crippen LogP) is 0.473. The van der Waals surface area contributed by atoms with Crippen LogP contribution in [0, 0.1) is 5.92 Å².